The Morgan fingerprint density at radius 1 is 1.19 bits per heavy atom. The van der Waals surface area contributed by atoms with Crippen LogP contribution in [0.2, 0.25) is 0 Å². The summed E-state index contributed by atoms with van der Waals surface area (Å²) in [5.41, 5.74) is 2.19. The highest BCUT2D eigenvalue weighted by atomic mass is 19.1. The number of para-hydroxylation sites is 1. The van der Waals surface area contributed by atoms with Gasteiger partial charge < -0.3 is 15.4 Å². The van der Waals surface area contributed by atoms with Crippen LogP contribution in [0.5, 0.6) is 5.75 Å². The van der Waals surface area contributed by atoms with Gasteiger partial charge in [-0.2, -0.15) is 0 Å². The van der Waals surface area contributed by atoms with Crippen LogP contribution >= 0.6 is 0 Å². The van der Waals surface area contributed by atoms with E-state index in [2.05, 4.69) is 26.7 Å². The zero-order valence-corrected chi connectivity index (χ0v) is 16.3. The van der Waals surface area contributed by atoms with Gasteiger partial charge in [-0.3, -0.25) is 4.98 Å². The van der Waals surface area contributed by atoms with E-state index in [0.29, 0.717) is 6.54 Å². The number of ether oxygens (including phenoxy) is 1. The number of hydrogen-bond acceptors (Lipinski definition) is 3. The number of aliphatic imine (C=N–C) groups is 1. The Labute approximate surface area is 161 Å². The molecule has 0 aliphatic heterocycles. The highest BCUT2D eigenvalue weighted by Crippen LogP contribution is 2.18. The van der Waals surface area contributed by atoms with E-state index < -0.39 is 0 Å². The number of nitrogens with one attached hydrogen (secondary N) is 2. The molecular formula is C21H29FN4O. The quantitative estimate of drug-likeness (QED) is 0.523. The minimum atomic E-state index is -0.350. The lowest BCUT2D eigenvalue weighted by atomic mass is 10.2. The first-order valence-corrected chi connectivity index (χ1v) is 9.47. The first kappa shape index (κ1) is 20.7. The van der Waals surface area contributed by atoms with Crippen LogP contribution in [0.25, 0.3) is 0 Å². The molecule has 2 aromatic rings. The fourth-order valence-corrected chi connectivity index (χ4v) is 2.48. The largest absolute Gasteiger partial charge is 0.485 e. The molecule has 2 rings (SSSR count). The van der Waals surface area contributed by atoms with Gasteiger partial charge in [-0.15, -0.1) is 0 Å². The van der Waals surface area contributed by atoms with Gasteiger partial charge in [0.1, 0.15) is 6.10 Å². The lowest BCUT2D eigenvalue weighted by Crippen LogP contribution is -2.39. The Bertz CT molecular complexity index is 718. The van der Waals surface area contributed by atoms with Crippen molar-refractivity contribution < 1.29 is 9.13 Å². The standard InChI is InChI=1S/C21H29FN4O/c1-4-18(27-20-9-7-6-8-19(20)22)15-26-21(23-5-2)24-13-12-17-11-10-16(3)25-14-17/h6-11,14,18H,4-5,12-13,15H2,1-3H3,(H2,23,24,26). The summed E-state index contributed by atoms with van der Waals surface area (Å²) in [7, 11) is 0. The molecule has 27 heavy (non-hydrogen) atoms. The zero-order chi connectivity index (χ0) is 19.5. The first-order chi connectivity index (χ1) is 13.1. The van der Waals surface area contributed by atoms with Crippen molar-refractivity contribution in [3.63, 3.8) is 0 Å². The lowest BCUT2D eigenvalue weighted by Gasteiger charge is -2.17. The summed E-state index contributed by atoms with van der Waals surface area (Å²) in [4.78, 5) is 8.90. The maximum absolute atomic E-state index is 13.8. The number of aryl methyl sites for hydroxylation is 1. The molecule has 1 aromatic carbocycles. The summed E-state index contributed by atoms with van der Waals surface area (Å²) in [6.45, 7) is 7.97. The van der Waals surface area contributed by atoms with Gasteiger partial charge in [-0.25, -0.2) is 9.38 Å². The molecule has 0 spiro atoms. The van der Waals surface area contributed by atoms with Crippen molar-refractivity contribution in [2.45, 2.75) is 39.7 Å². The minimum absolute atomic E-state index is 0.182. The van der Waals surface area contributed by atoms with Crippen molar-refractivity contribution in [3.8, 4) is 5.75 Å². The van der Waals surface area contributed by atoms with E-state index in [1.54, 1.807) is 18.2 Å². The molecule has 0 aliphatic carbocycles. The molecule has 1 unspecified atom stereocenters. The van der Waals surface area contributed by atoms with Gasteiger partial charge in [0.05, 0.1) is 6.54 Å². The van der Waals surface area contributed by atoms with E-state index in [1.807, 2.05) is 33.0 Å². The Hall–Kier alpha value is -2.63. The highest BCUT2D eigenvalue weighted by molar-refractivity contribution is 5.79. The first-order valence-electron chi connectivity index (χ1n) is 9.47. The molecular weight excluding hydrogens is 343 g/mol. The molecule has 0 radical (unpaired) electrons. The Morgan fingerprint density at radius 3 is 2.67 bits per heavy atom. The molecule has 6 heteroatoms. The second kappa shape index (κ2) is 11.2. The fraction of sp³-hybridized carbons (Fsp3) is 0.429. The number of guanidine groups is 1. The second-order valence-electron chi connectivity index (χ2n) is 6.28. The second-order valence-corrected chi connectivity index (χ2v) is 6.28. The number of hydrogen-bond donors (Lipinski definition) is 2. The van der Waals surface area contributed by atoms with E-state index in [0.717, 1.165) is 37.6 Å². The molecule has 0 bridgehead atoms. The lowest BCUT2D eigenvalue weighted by molar-refractivity contribution is 0.196. The van der Waals surface area contributed by atoms with Gasteiger partial charge in [-0.1, -0.05) is 25.1 Å². The summed E-state index contributed by atoms with van der Waals surface area (Å²) in [5.74, 6) is 0.647. The topological polar surface area (TPSA) is 58.5 Å². The van der Waals surface area contributed by atoms with Gasteiger partial charge >= 0.3 is 0 Å². The van der Waals surface area contributed by atoms with E-state index >= 15 is 0 Å². The summed E-state index contributed by atoms with van der Waals surface area (Å²) in [5, 5.41) is 6.55. The third kappa shape index (κ3) is 7.25. The number of rotatable bonds is 9. The maximum Gasteiger partial charge on any atom is 0.191 e. The molecule has 0 saturated heterocycles. The Balaban J connectivity index is 1.88. The van der Waals surface area contributed by atoms with Crippen LogP contribution in [-0.4, -0.2) is 36.7 Å². The van der Waals surface area contributed by atoms with Gasteiger partial charge in [0.25, 0.3) is 0 Å². The van der Waals surface area contributed by atoms with Crippen LogP contribution in [0.1, 0.15) is 31.5 Å². The summed E-state index contributed by atoms with van der Waals surface area (Å²) >= 11 is 0. The number of halogens is 1. The number of nitrogens with zero attached hydrogens (tertiary/aromatic N) is 2. The Kier molecular flexibility index (Phi) is 8.55. The molecule has 146 valence electrons. The highest BCUT2D eigenvalue weighted by Gasteiger charge is 2.11. The number of pyridine rings is 1. The zero-order valence-electron chi connectivity index (χ0n) is 16.3. The smallest absolute Gasteiger partial charge is 0.191 e. The monoisotopic (exact) mass is 372 g/mol. The van der Waals surface area contributed by atoms with Gasteiger partial charge in [0.2, 0.25) is 0 Å². The number of benzene rings is 1. The van der Waals surface area contributed by atoms with E-state index in [-0.39, 0.29) is 17.7 Å². The maximum atomic E-state index is 13.8. The van der Waals surface area contributed by atoms with Crippen molar-refractivity contribution in [1.29, 1.82) is 0 Å². The predicted molar refractivity (Wildman–Crippen MR) is 108 cm³/mol. The molecule has 1 atom stereocenters. The van der Waals surface area contributed by atoms with Gasteiger partial charge in [-0.05, 0) is 50.5 Å². The predicted octanol–water partition coefficient (Wildman–Crippen LogP) is 3.48. The van der Waals surface area contributed by atoms with Crippen molar-refractivity contribution in [3.05, 3.63) is 59.7 Å². The average Bonchev–Trinajstić information content (AvgIpc) is 2.68. The molecule has 0 aliphatic rings. The van der Waals surface area contributed by atoms with Gasteiger partial charge in [0.15, 0.2) is 17.5 Å². The number of aromatic nitrogens is 1. The average molecular weight is 372 g/mol. The van der Waals surface area contributed by atoms with Crippen molar-refractivity contribution >= 4 is 5.96 Å². The molecule has 0 amide bonds. The molecule has 0 fully saturated rings. The van der Waals surface area contributed by atoms with Crippen molar-refractivity contribution in [2.24, 2.45) is 4.99 Å². The van der Waals surface area contributed by atoms with Crippen LogP contribution in [0.4, 0.5) is 4.39 Å². The molecule has 5 nitrogen and oxygen atoms in total. The van der Waals surface area contributed by atoms with E-state index in [1.165, 1.54) is 11.6 Å². The summed E-state index contributed by atoms with van der Waals surface area (Å²) < 4.78 is 19.5. The van der Waals surface area contributed by atoms with Crippen LogP contribution in [-0.2, 0) is 6.42 Å². The van der Waals surface area contributed by atoms with Crippen LogP contribution in [0.3, 0.4) is 0 Å². The normalized spacial score (nSPS) is 12.5. The van der Waals surface area contributed by atoms with Crippen LogP contribution < -0.4 is 15.4 Å². The van der Waals surface area contributed by atoms with Crippen molar-refractivity contribution in [1.82, 2.24) is 15.6 Å². The third-order valence-corrected chi connectivity index (χ3v) is 4.06. The molecule has 0 saturated carbocycles. The fourth-order valence-electron chi connectivity index (χ4n) is 2.48. The third-order valence-electron chi connectivity index (χ3n) is 4.06. The molecule has 1 aromatic heterocycles. The minimum Gasteiger partial charge on any atom is -0.485 e. The summed E-state index contributed by atoms with van der Waals surface area (Å²) in [6, 6.07) is 10.6. The SMILES string of the molecule is CCNC(=NCC(CC)Oc1ccccc1F)NCCc1ccc(C)nc1. The van der Waals surface area contributed by atoms with Crippen LogP contribution in [0.15, 0.2) is 47.6 Å². The summed E-state index contributed by atoms with van der Waals surface area (Å²) in [6.07, 6.45) is 3.32. The van der Waals surface area contributed by atoms with Crippen molar-refractivity contribution in [2.75, 3.05) is 19.6 Å². The molecule has 2 N–H and O–H groups in total. The van der Waals surface area contributed by atoms with Crippen LogP contribution in [0, 0.1) is 12.7 Å². The van der Waals surface area contributed by atoms with E-state index in [9.17, 15) is 4.39 Å². The molecule has 1 heterocycles. The van der Waals surface area contributed by atoms with Gasteiger partial charge in [0, 0.05) is 25.0 Å². The van der Waals surface area contributed by atoms with E-state index in [4.69, 9.17) is 4.74 Å². The Morgan fingerprint density at radius 2 is 2.00 bits per heavy atom.